The minimum atomic E-state index is -2.06. The van der Waals surface area contributed by atoms with Gasteiger partial charge in [0.05, 0.1) is 71.3 Å². The second-order valence-corrected chi connectivity index (χ2v) is 46.6. The predicted molar refractivity (Wildman–Crippen MR) is 442 cm³/mol. The van der Waals surface area contributed by atoms with E-state index in [9.17, 15) is 33.6 Å². The lowest BCUT2D eigenvalue weighted by molar-refractivity contribution is -0.288. The molecule has 2 aliphatic rings. The van der Waals surface area contributed by atoms with Gasteiger partial charge in [0, 0.05) is 59.5 Å². The zero-order chi connectivity index (χ0) is 85.3. The molecule has 0 radical (unpaired) electrons. The molecule has 2 saturated carbocycles. The number of esters is 7. The van der Waals surface area contributed by atoms with E-state index in [1.54, 1.807) is 60.7 Å². The SMILES string of the molecule is C=CCOC(C)=O.C=CCO[Si](C)(C)C(C)(C)C.C=C[C@H](O[Si](C)(C)C(C)(C)C)[C@H](C(=O)OC)c1ccc(Cl)cc1.COC(=O)C(=[N+]=[N-])c1[c-]cc(Cl)cc1.COC(=O)C(=[N+]=[N-])c1ccc(Cl)cc1.COC(=O)[C@@]1(c2ccc(Cl)cc2)C[C@@H]1COC(C)=O.COC(=O)[C@@]1(c2ccc([ClH+])cc2)C[C@@H]1CO[Si](C)(C)C(C)(C)C. The van der Waals surface area contributed by atoms with E-state index >= 15 is 0 Å². The van der Waals surface area contributed by atoms with Crippen molar-refractivity contribution in [2.24, 2.45) is 11.8 Å². The van der Waals surface area contributed by atoms with Gasteiger partial charge in [-0.25, -0.2) is 14.4 Å². The van der Waals surface area contributed by atoms with E-state index in [4.69, 9.17) is 101 Å². The van der Waals surface area contributed by atoms with Gasteiger partial charge in [0.15, 0.2) is 36.6 Å². The van der Waals surface area contributed by atoms with Gasteiger partial charge >= 0.3 is 53.2 Å². The Morgan fingerprint density at radius 1 is 0.532 bits per heavy atom. The number of nitrogens with zero attached hydrogens (tertiary/aromatic N) is 4. The standard InChI is InChI=1S/C18H28ClO3Si.C18H27ClO3Si.C14H15ClO4.C9H7ClN2O2.C9H6ClN2O2.C9H20OSi.C5H8O2/c1-17(2,3)23(5,6)22-12-14-11-18(14,16(20)21-4)13-7-9-15(19)10-8-13;1-8-15(22-23(6,7)18(2,3)4)16(17(20)21-5)13-9-11-14(19)12-10-13;1-9(16)19-8-11-7-14(11,13(17)18-2)10-3-5-12(15)6-4-10;2*1-14-9(13)8(12-11)6-2-4-7(10)5-3-6;1-7-8-10-11(5,6)9(2,3)4;1-3-4-7-5(2)6/h7-10,14,19H,11-12H2,1-6H3;8-12,15-16H,1H2,2-7H3;3-6,11H,7-8H2,1-2H3;2-5H,1H3;2,4-5H,1H3;7H,1,8H2,2-6H3;3H,1,4H2,2H3/q+1;;;;-1;;/t14-,18-;15-,16+;11-,14-;;;;/m101..../s1. The Balaban J connectivity index is 0.000000665. The Morgan fingerprint density at radius 2 is 0.928 bits per heavy atom. The first-order chi connectivity index (χ1) is 51.5. The molecule has 0 saturated heterocycles. The second-order valence-electron chi connectivity index (χ2n) is 30.0. The maximum atomic E-state index is 12.4. The summed E-state index contributed by atoms with van der Waals surface area (Å²) in [6.45, 7) is 48.6. The average molecular weight is 1690 g/mol. The van der Waals surface area contributed by atoms with Crippen LogP contribution in [0.1, 0.15) is 123 Å². The number of methoxy groups -OCH3 is 5. The lowest BCUT2D eigenvalue weighted by Gasteiger charge is -2.40. The summed E-state index contributed by atoms with van der Waals surface area (Å²) in [4.78, 5) is 85.4. The van der Waals surface area contributed by atoms with E-state index in [1.165, 1.54) is 67.6 Å². The highest BCUT2D eigenvalue weighted by atomic mass is 35.5. The van der Waals surface area contributed by atoms with Crippen LogP contribution in [0.5, 0.6) is 0 Å². The lowest BCUT2D eigenvalue weighted by Crippen LogP contribution is -2.46. The van der Waals surface area contributed by atoms with E-state index in [2.05, 4.69) is 151 Å². The molecule has 5 aromatic carbocycles. The molecule has 608 valence electrons. The molecule has 2 aliphatic carbocycles. The van der Waals surface area contributed by atoms with Crippen molar-refractivity contribution in [2.45, 2.75) is 166 Å². The Bertz CT molecular complexity index is 3920. The molecular formula is C82H111Cl5N4O17Si3. The second kappa shape index (κ2) is 46.5. The minimum absolute atomic E-state index is 0.0366. The quantitative estimate of drug-likeness (QED) is 0.00811. The summed E-state index contributed by atoms with van der Waals surface area (Å²) in [5.41, 5.74) is 19.0. The molecular weight excluding hydrogens is 1570 g/mol. The van der Waals surface area contributed by atoms with Gasteiger partial charge in [-0.3, -0.25) is 24.0 Å². The maximum Gasteiger partial charge on any atom is 0.422 e. The smallest absolute Gasteiger partial charge is 0.422 e. The molecule has 2 fully saturated rings. The van der Waals surface area contributed by atoms with Crippen LogP contribution in [-0.4, -0.2) is 156 Å². The van der Waals surface area contributed by atoms with Crippen molar-refractivity contribution in [3.05, 3.63) is 223 Å². The molecule has 29 heteroatoms. The largest absolute Gasteiger partial charge is 0.468 e. The van der Waals surface area contributed by atoms with Gasteiger partial charge in [0.2, 0.25) is 5.02 Å². The first kappa shape index (κ1) is 101. The predicted octanol–water partition coefficient (Wildman–Crippen LogP) is 18.1. The van der Waals surface area contributed by atoms with E-state index in [-0.39, 0.29) is 69.8 Å². The minimum Gasteiger partial charge on any atom is -0.468 e. The monoisotopic (exact) mass is 1680 g/mol. The Hall–Kier alpha value is -7.65. The van der Waals surface area contributed by atoms with Gasteiger partial charge in [-0.2, -0.15) is 4.79 Å². The molecule has 6 atom stereocenters. The Kier molecular flexibility index (Phi) is 42.5. The van der Waals surface area contributed by atoms with E-state index in [0.717, 1.165) is 28.1 Å². The maximum absolute atomic E-state index is 12.4. The molecule has 7 rings (SSSR count). The van der Waals surface area contributed by atoms with Crippen molar-refractivity contribution in [3.8, 4) is 0 Å². The van der Waals surface area contributed by atoms with Crippen LogP contribution >= 0.6 is 46.4 Å². The van der Waals surface area contributed by atoms with Gasteiger partial charge < -0.3 is 57.5 Å². The van der Waals surface area contributed by atoms with Gasteiger partial charge in [-0.05, 0) is 137 Å². The van der Waals surface area contributed by atoms with E-state index < -0.39 is 59.7 Å². The van der Waals surface area contributed by atoms with E-state index in [1.807, 2.05) is 54.6 Å². The van der Waals surface area contributed by atoms with Gasteiger partial charge in [-0.1, -0.05) is 164 Å². The Morgan fingerprint density at radius 3 is 1.29 bits per heavy atom. The lowest BCUT2D eigenvalue weighted by atomic mass is 9.93. The fourth-order valence-electron chi connectivity index (χ4n) is 9.57. The molecule has 0 N–H and O–H groups in total. The number of carbonyl (C=O) groups excluding carboxylic acids is 7. The van der Waals surface area contributed by atoms with Gasteiger partial charge in [-0.15, -0.1) is 49.0 Å². The number of hydrogen-bond acceptors (Lipinski definition) is 17. The molecule has 0 unspecified atom stereocenters. The van der Waals surface area contributed by atoms with Crippen molar-refractivity contribution >= 4 is 125 Å². The summed E-state index contributed by atoms with van der Waals surface area (Å²) in [5.74, 6) is -3.25. The Labute approximate surface area is 684 Å². The summed E-state index contributed by atoms with van der Waals surface area (Å²) in [7, 11) is 1.24. The van der Waals surface area contributed by atoms with Crippen LogP contribution in [0.15, 0.2) is 153 Å². The van der Waals surface area contributed by atoms with Crippen LogP contribution in [0.2, 0.25) is 79.5 Å². The van der Waals surface area contributed by atoms with Crippen LogP contribution in [0.25, 0.3) is 11.1 Å². The fraction of sp³-hybridized carbons (Fsp3) is 0.451. The fourth-order valence-corrected chi connectivity index (χ4v) is 13.5. The van der Waals surface area contributed by atoms with Gasteiger partial charge in [0.25, 0.3) is 0 Å². The van der Waals surface area contributed by atoms with Crippen molar-refractivity contribution in [2.75, 3.05) is 62.0 Å². The third-order valence-electron chi connectivity index (χ3n) is 19.3. The van der Waals surface area contributed by atoms with E-state index in [0.29, 0.717) is 62.5 Å². The molecule has 5 aromatic rings. The van der Waals surface area contributed by atoms with Crippen LogP contribution in [0, 0.1) is 29.5 Å². The summed E-state index contributed by atoms with van der Waals surface area (Å²) in [6, 6.07) is 35.4. The molecule has 111 heavy (non-hydrogen) atoms. The number of halogens is 5. The third kappa shape index (κ3) is 31.7. The first-order valence-electron chi connectivity index (χ1n) is 35.2. The van der Waals surface area contributed by atoms with Crippen LogP contribution < -0.4 is 0 Å². The molecule has 0 heterocycles. The highest BCUT2D eigenvalue weighted by molar-refractivity contribution is 6.75. The number of benzene rings is 5. The molecule has 0 bridgehead atoms. The van der Waals surface area contributed by atoms with Crippen molar-refractivity contribution < 1.29 is 101 Å². The summed E-state index contributed by atoms with van der Waals surface area (Å²) < 4.78 is 51.7. The molecule has 0 spiro atoms. The summed E-state index contributed by atoms with van der Waals surface area (Å²) in [5, 5.41) is 3.55. The molecule has 0 amide bonds. The summed E-state index contributed by atoms with van der Waals surface area (Å²) >= 11 is 28.2. The zero-order valence-corrected chi connectivity index (χ0v) is 74.9. The average Bonchev–Trinajstić information content (AvgIpc) is 1.57. The zero-order valence-electron chi connectivity index (χ0n) is 68.0. The number of carbonyl (C=O) groups is 7. The van der Waals surface area contributed by atoms with Crippen molar-refractivity contribution in [1.82, 2.24) is 0 Å². The molecule has 21 nitrogen and oxygen atoms in total. The highest BCUT2D eigenvalue weighted by Gasteiger charge is 2.64. The number of hydrogen-bond donors (Lipinski definition) is 0. The normalized spacial score (nSPS) is 16.4. The van der Waals surface area contributed by atoms with Crippen LogP contribution in [-0.2, 0) is 90.8 Å². The first-order valence-corrected chi connectivity index (χ1v) is 45.8. The van der Waals surface area contributed by atoms with Crippen molar-refractivity contribution in [3.63, 3.8) is 0 Å². The van der Waals surface area contributed by atoms with Gasteiger partial charge in [0.1, 0.15) is 12.5 Å². The van der Waals surface area contributed by atoms with Crippen LogP contribution in [0.4, 0.5) is 0 Å². The number of ether oxygens (including phenoxy) is 7. The molecule has 0 aromatic heterocycles. The summed E-state index contributed by atoms with van der Waals surface area (Å²) in [6.07, 6.45) is 6.00. The highest BCUT2D eigenvalue weighted by Crippen LogP contribution is 2.57. The topological polar surface area (TPSA) is 285 Å². The van der Waals surface area contributed by atoms with Crippen LogP contribution in [0.3, 0.4) is 0 Å². The van der Waals surface area contributed by atoms with Crippen molar-refractivity contribution in [1.29, 1.82) is 0 Å². The number of rotatable bonds is 24. The molecule has 0 aliphatic heterocycles. The third-order valence-corrected chi connectivity index (χ3v) is 34.1.